The zero-order valence-electron chi connectivity index (χ0n) is 21.7. The lowest BCUT2D eigenvalue weighted by molar-refractivity contribution is -0.126. The van der Waals surface area contributed by atoms with Crippen LogP contribution in [-0.4, -0.2) is 28.3 Å². The molecule has 186 valence electrons. The minimum Gasteiger partial charge on any atom is -0.493 e. The van der Waals surface area contributed by atoms with Gasteiger partial charge in [0.25, 0.3) is 5.91 Å². The molecule has 5 nitrogen and oxygen atoms in total. The van der Waals surface area contributed by atoms with E-state index in [0.29, 0.717) is 17.9 Å². The van der Waals surface area contributed by atoms with Crippen LogP contribution in [-0.2, 0) is 16.8 Å². The van der Waals surface area contributed by atoms with E-state index in [2.05, 4.69) is 32.7 Å². The van der Waals surface area contributed by atoms with Crippen molar-refractivity contribution in [2.24, 2.45) is 0 Å². The molecule has 0 radical (unpaired) electrons. The second-order valence-corrected chi connectivity index (χ2v) is 10.0. The maximum Gasteiger partial charge on any atom is 0.260 e. The van der Waals surface area contributed by atoms with Gasteiger partial charge in [-0.1, -0.05) is 78.7 Å². The summed E-state index contributed by atoms with van der Waals surface area (Å²) in [5.41, 5.74) is 1.93. The first-order chi connectivity index (χ1) is 16.2. The maximum atomic E-state index is 13.2. The quantitative estimate of drug-likeness (QED) is 0.296. The standard InChI is InChI=1S/C29H42N2O3/c1-6-7-8-9-10-11-12-15-20-34-27-18-17-24(21-26(27)29(3,4)5)28(33)31(23(2)32)22-25-16-13-14-19-30-25/h13-14,16-19,21H,6-12,15,20,22H2,1-5H3. The fraction of sp³-hybridized carbons (Fsp3) is 0.552. The number of unbranched alkanes of at least 4 members (excludes halogenated alkanes) is 7. The molecule has 0 spiro atoms. The van der Waals surface area contributed by atoms with E-state index in [-0.39, 0.29) is 23.8 Å². The number of benzene rings is 1. The minimum absolute atomic E-state index is 0.149. The van der Waals surface area contributed by atoms with Crippen LogP contribution in [0.15, 0.2) is 42.6 Å². The van der Waals surface area contributed by atoms with Crippen LogP contribution in [0.3, 0.4) is 0 Å². The Kier molecular flexibility index (Phi) is 11.2. The van der Waals surface area contributed by atoms with E-state index in [1.807, 2.05) is 30.3 Å². The summed E-state index contributed by atoms with van der Waals surface area (Å²) in [6.07, 6.45) is 11.7. The molecule has 0 aliphatic rings. The summed E-state index contributed by atoms with van der Waals surface area (Å²) in [6.45, 7) is 10.8. The Morgan fingerprint density at radius 3 is 2.21 bits per heavy atom. The summed E-state index contributed by atoms with van der Waals surface area (Å²) >= 11 is 0. The van der Waals surface area contributed by atoms with Crippen molar-refractivity contribution in [1.82, 2.24) is 9.88 Å². The highest BCUT2D eigenvalue weighted by Crippen LogP contribution is 2.33. The number of hydrogen-bond donors (Lipinski definition) is 0. The number of pyridine rings is 1. The molecule has 1 aromatic heterocycles. The summed E-state index contributed by atoms with van der Waals surface area (Å²) < 4.78 is 6.15. The highest BCUT2D eigenvalue weighted by Gasteiger charge is 2.25. The van der Waals surface area contributed by atoms with Gasteiger partial charge >= 0.3 is 0 Å². The van der Waals surface area contributed by atoms with Crippen molar-refractivity contribution >= 4 is 11.8 Å². The topological polar surface area (TPSA) is 59.5 Å². The van der Waals surface area contributed by atoms with Crippen LogP contribution in [0.4, 0.5) is 0 Å². The van der Waals surface area contributed by atoms with Gasteiger partial charge in [-0.15, -0.1) is 0 Å². The monoisotopic (exact) mass is 466 g/mol. The Morgan fingerprint density at radius 2 is 1.62 bits per heavy atom. The van der Waals surface area contributed by atoms with Crippen molar-refractivity contribution in [1.29, 1.82) is 0 Å². The van der Waals surface area contributed by atoms with Crippen LogP contribution in [0, 0.1) is 0 Å². The third-order valence-corrected chi connectivity index (χ3v) is 5.96. The largest absolute Gasteiger partial charge is 0.493 e. The zero-order valence-corrected chi connectivity index (χ0v) is 21.7. The van der Waals surface area contributed by atoms with Crippen molar-refractivity contribution in [2.45, 2.75) is 97.9 Å². The number of imide groups is 1. The van der Waals surface area contributed by atoms with Gasteiger partial charge in [-0.25, -0.2) is 0 Å². The van der Waals surface area contributed by atoms with Gasteiger partial charge in [-0.2, -0.15) is 0 Å². The number of hydrogen-bond acceptors (Lipinski definition) is 4. The molecule has 0 aliphatic heterocycles. The van der Waals surface area contributed by atoms with Crippen LogP contribution < -0.4 is 4.74 Å². The lowest BCUT2D eigenvalue weighted by atomic mass is 9.85. The summed E-state index contributed by atoms with van der Waals surface area (Å²) in [4.78, 5) is 31.0. The van der Waals surface area contributed by atoms with Gasteiger partial charge < -0.3 is 4.74 Å². The molecule has 2 rings (SSSR count). The average molecular weight is 467 g/mol. The van der Waals surface area contributed by atoms with Crippen LogP contribution in [0.2, 0.25) is 0 Å². The molecular weight excluding hydrogens is 424 g/mol. The van der Waals surface area contributed by atoms with Crippen molar-refractivity contribution in [3.05, 3.63) is 59.4 Å². The predicted octanol–water partition coefficient (Wildman–Crippen LogP) is 7.09. The molecule has 0 N–H and O–H groups in total. The second-order valence-electron chi connectivity index (χ2n) is 10.0. The lowest BCUT2D eigenvalue weighted by Gasteiger charge is -2.25. The number of ether oxygens (including phenoxy) is 1. The highest BCUT2D eigenvalue weighted by molar-refractivity contribution is 6.04. The Labute approximate surface area is 205 Å². The first-order valence-electron chi connectivity index (χ1n) is 12.7. The maximum absolute atomic E-state index is 13.2. The van der Waals surface area contributed by atoms with E-state index >= 15 is 0 Å². The molecule has 0 aliphatic carbocycles. The molecule has 0 atom stereocenters. The highest BCUT2D eigenvalue weighted by atomic mass is 16.5. The molecule has 1 heterocycles. The van der Waals surface area contributed by atoms with Crippen molar-refractivity contribution in [3.63, 3.8) is 0 Å². The normalized spacial score (nSPS) is 11.3. The first kappa shape index (κ1) is 27.6. The van der Waals surface area contributed by atoms with E-state index in [4.69, 9.17) is 4.74 Å². The summed E-state index contributed by atoms with van der Waals surface area (Å²) in [5, 5.41) is 0. The number of carbonyl (C=O) groups excluding carboxylic acids is 2. The smallest absolute Gasteiger partial charge is 0.260 e. The Hall–Kier alpha value is -2.69. The first-order valence-corrected chi connectivity index (χ1v) is 12.7. The summed E-state index contributed by atoms with van der Waals surface area (Å²) in [5.74, 6) is 0.187. The van der Waals surface area contributed by atoms with Gasteiger partial charge in [0.2, 0.25) is 5.91 Å². The fourth-order valence-corrected chi connectivity index (χ4v) is 3.93. The number of rotatable bonds is 13. The van der Waals surface area contributed by atoms with Gasteiger partial charge in [0, 0.05) is 24.2 Å². The van der Waals surface area contributed by atoms with Gasteiger partial charge in [-0.05, 0) is 42.2 Å². The van der Waals surface area contributed by atoms with Crippen LogP contribution >= 0.6 is 0 Å². The molecule has 1 aromatic carbocycles. The molecule has 5 heteroatoms. The van der Waals surface area contributed by atoms with E-state index < -0.39 is 0 Å². The van der Waals surface area contributed by atoms with Gasteiger partial charge in [0.1, 0.15) is 5.75 Å². The number of carbonyl (C=O) groups is 2. The van der Waals surface area contributed by atoms with Gasteiger partial charge in [0.15, 0.2) is 0 Å². The van der Waals surface area contributed by atoms with Crippen LogP contribution in [0.1, 0.15) is 108 Å². The zero-order chi connectivity index (χ0) is 25.0. The second kappa shape index (κ2) is 13.9. The molecule has 34 heavy (non-hydrogen) atoms. The predicted molar refractivity (Wildman–Crippen MR) is 138 cm³/mol. The van der Waals surface area contributed by atoms with Gasteiger partial charge in [-0.3, -0.25) is 19.5 Å². The molecule has 0 saturated carbocycles. The van der Waals surface area contributed by atoms with Gasteiger partial charge in [0.05, 0.1) is 18.8 Å². The van der Waals surface area contributed by atoms with Crippen LogP contribution in [0.5, 0.6) is 5.75 Å². The third kappa shape index (κ3) is 8.92. The fourth-order valence-electron chi connectivity index (χ4n) is 3.93. The van der Waals surface area contributed by atoms with E-state index in [1.165, 1.54) is 56.8 Å². The van der Waals surface area contributed by atoms with Crippen LogP contribution in [0.25, 0.3) is 0 Å². The van der Waals surface area contributed by atoms with E-state index in [9.17, 15) is 9.59 Å². The SMILES string of the molecule is CCCCCCCCCCOc1ccc(C(=O)N(Cc2ccccn2)C(C)=O)cc1C(C)(C)C. The number of aromatic nitrogens is 1. The van der Waals surface area contributed by atoms with E-state index in [1.54, 1.807) is 12.3 Å². The lowest BCUT2D eigenvalue weighted by Crippen LogP contribution is -2.35. The van der Waals surface area contributed by atoms with Crippen molar-refractivity contribution < 1.29 is 14.3 Å². The number of nitrogens with zero attached hydrogens (tertiary/aromatic N) is 2. The van der Waals surface area contributed by atoms with Crippen molar-refractivity contribution in [2.75, 3.05) is 6.61 Å². The number of amides is 2. The average Bonchev–Trinajstić information content (AvgIpc) is 2.81. The third-order valence-electron chi connectivity index (χ3n) is 5.96. The molecular formula is C29H42N2O3. The Morgan fingerprint density at radius 1 is 0.941 bits per heavy atom. The Bertz CT molecular complexity index is 903. The Balaban J connectivity index is 2.03. The molecule has 2 aromatic rings. The summed E-state index contributed by atoms with van der Waals surface area (Å²) in [6, 6.07) is 11.0. The van der Waals surface area contributed by atoms with Crippen molar-refractivity contribution in [3.8, 4) is 5.75 Å². The molecule has 0 fully saturated rings. The molecule has 0 unspecified atom stereocenters. The molecule has 0 saturated heterocycles. The van der Waals surface area contributed by atoms with E-state index in [0.717, 1.165) is 17.7 Å². The molecule has 0 bridgehead atoms. The molecule has 2 amide bonds. The summed E-state index contributed by atoms with van der Waals surface area (Å²) in [7, 11) is 0. The minimum atomic E-state index is -0.321.